The van der Waals surface area contributed by atoms with Gasteiger partial charge >= 0.3 is 0 Å². The van der Waals surface area contributed by atoms with Gasteiger partial charge in [-0.2, -0.15) is 4.98 Å². The fourth-order valence-corrected chi connectivity index (χ4v) is 2.34. The molecule has 0 aliphatic carbocycles. The summed E-state index contributed by atoms with van der Waals surface area (Å²) in [5.41, 5.74) is 1.72. The summed E-state index contributed by atoms with van der Waals surface area (Å²) in [6.07, 6.45) is 5.67. The predicted octanol–water partition coefficient (Wildman–Crippen LogP) is 2.71. The van der Waals surface area contributed by atoms with E-state index in [2.05, 4.69) is 38.7 Å². The average molecular weight is 247 g/mol. The van der Waals surface area contributed by atoms with Crippen LogP contribution in [0, 0.1) is 0 Å². The predicted molar refractivity (Wildman–Crippen MR) is 74.0 cm³/mol. The Balaban J connectivity index is 0.00000133. The van der Waals surface area contributed by atoms with Crippen LogP contribution in [0.3, 0.4) is 0 Å². The summed E-state index contributed by atoms with van der Waals surface area (Å²) in [6.45, 7) is 6.37. The Kier molecular flexibility index (Phi) is 2.89. The van der Waals surface area contributed by atoms with E-state index in [0.29, 0.717) is 5.92 Å². The number of aromatic nitrogens is 4. The van der Waals surface area contributed by atoms with Gasteiger partial charge in [-0.15, -0.1) is 0 Å². The molecule has 1 N–H and O–H groups in total. The zero-order chi connectivity index (χ0) is 12.5. The maximum Gasteiger partial charge on any atom is 0.205 e. The van der Waals surface area contributed by atoms with E-state index in [1.54, 1.807) is 0 Å². The molecular formula is C13H21N5. The largest absolute Gasteiger partial charge is 0.342 e. The van der Waals surface area contributed by atoms with E-state index in [1.807, 2.05) is 6.20 Å². The van der Waals surface area contributed by atoms with Crippen LogP contribution in [0.2, 0.25) is 0 Å². The van der Waals surface area contributed by atoms with Crippen LogP contribution in [0.5, 0.6) is 0 Å². The Labute approximate surface area is 108 Å². The van der Waals surface area contributed by atoms with Gasteiger partial charge in [0.15, 0.2) is 5.65 Å². The summed E-state index contributed by atoms with van der Waals surface area (Å²) >= 11 is 0. The van der Waals surface area contributed by atoms with Crippen molar-refractivity contribution in [1.29, 1.82) is 0 Å². The Morgan fingerprint density at radius 3 is 2.72 bits per heavy atom. The molecule has 0 spiro atoms. The van der Waals surface area contributed by atoms with Crippen molar-refractivity contribution in [1.82, 2.24) is 19.9 Å². The minimum Gasteiger partial charge on any atom is -0.342 e. The Bertz CT molecular complexity index is 545. The Morgan fingerprint density at radius 2 is 2.00 bits per heavy atom. The second kappa shape index (κ2) is 4.55. The van der Waals surface area contributed by atoms with Crippen LogP contribution in [-0.4, -0.2) is 33.0 Å². The molecule has 3 heterocycles. The summed E-state index contributed by atoms with van der Waals surface area (Å²) in [7, 11) is 0. The number of rotatable bonds is 2. The van der Waals surface area contributed by atoms with Crippen molar-refractivity contribution in [2.24, 2.45) is 0 Å². The van der Waals surface area contributed by atoms with Gasteiger partial charge in [0.25, 0.3) is 0 Å². The van der Waals surface area contributed by atoms with E-state index in [9.17, 15) is 0 Å². The summed E-state index contributed by atoms with van der Waals surface area (Å²) in [5, 5.41) is 0. The molecule has 18 heavy (non-hydrogen) atoms. The number of imidazole rings is 1. The van der Waals surface area contributed by atoms with Gasteiger partial charge < -0.3 is 9.88 Å². The van der Waals surface area contributed by atoms with Crippen LogP contribution in [0.4, 0.5) is 5.95 Å². The van der Waals surface area contributed by atoms with E-state index < -0.39 is 0 Å². The molecule has 0 unspecified atom stereocenters. The molecule has 3 rings (SSSR count). The van der Waals surface area contributed by atoms with Gasteiger partial charge in [0, 0.05) is 20.4 Å². The number of hydrogen-bond donors (Lipinski definition) is 1. The van der Waals surface area contributed by atoms with Crippen molar-refractivity contribution in [2.45, 2.75) is 39.0 Å². The molecule has 2 aromatic heterocycles. The first-order chi connectivity index (χ1) is 8.74. The highest BCUT2D eigenvalue weighted by Crippen LogP contribution is 2.20. The lowest BCUT2D eigenvalue weighted by molar-refractivity contribution is 0.570. The Morgan fingerprint density at radius 1 is 1.22 bits per heavy atom. The summed E-state index contributed by atoms with van der Waals surface area (Å²) < 4.78 is 0. The van der Waals surface area contributed by atoms with E-state index in [4.69, 9.17) is 0 Å². The van der Waals surface area contributed by atoms with Gasteiger partial charge in [0.1, 0.15) is 11.3 Å². The molecule has 1 aliphatic heterocycles. The van der Waals surface area contributed by atoms with Gasteiger partial charge in [-0.05, 0) is 19.3 Å². The molecule has 1 saturated heterocycles. The van der Waals surface area contributed by atoms with E-state index in [1.165, 1.54) is 19.3 Å². The number of anilines is 1. The third-order valence-corrected chi connectivity index (χ3v) is 3.42. The van der Waals surface area contributed by atoms with Gasteiger partial charge in [-0.3, -0.25) is 0 Å². The first kappa shape index (κ1) is 11.4. The van der Waals surface area contributed by atoms with E-state index in [-0.39, 0.29) is 1.43 Å². The normalized spacial score (nSPS) is 16.7. The molecule has 0 amide bonds. The number of nitrogens with one attached hydrogen (secondary N) is 1. The molecule has 0 bridgehead atoms. The van der Waals surface area contributed by atoms with E-state index in [0.717, 1.165) is 36.0 Å². The molecule has 1 aliphatic rings. The van der Waals surface area contributed by atoms with Crippen LogP contribution in [-0.2, 0) is 0 Å². The molecule has 5 heteroatoms. The average Bonchev–Trinajstić information content (AvgIpc) is 2.82. The van der Waals surface area contributed by atoms with Crippen molar-refractivity contribution in [3.63, 3.8) is 0 Å². The molecule has 5 nitrogen and oxygen atoms in total. The van der Waals surface area contributed by atoms with Gasteiger partial charge in [-0.25, -0.2) is 9.97 Å². The third-order valence-electron chi connectivity index (χ3n) is 3.42. The smallest absolute Gasteiger partial charge is 0.205 e. The van der Waals surface area contributed by atoms with Crippen LogP contribution < -0.4 is 4.90 Å². The maximum absolute atomic E-state index is 4.60. The fraction of sp³-hybridized carbons (Fsp3) is 0.615. The zero-order valence-corrected chi connectivity index (χ0v) is 11.0. The van der Waals surface area contributed by atoms with Gasteiger partial charge in [0.05, 0.1) is 6.20 Å². The number of H-pyrrole nitrogens is 1. The molecule has 0 atom stereocenters. The number of aromatic amines is 1. The lowest BCUT2D eigenvalue weighted by atomic mass is 10.1. The van der Waals surface area contributed by atoms with Crippen molar-refractivity contribution in [3.8, 4) is 0 Å². The third kappa shape index (κ3) is 2.05. The summed E-state index contributed by atoms with van der Waals surface area (Å²) in [6, 6.07) is 0. The molecule has 0 saturated carbocycles. The molecule has 2 aromatic rings. The lowest BCUT2D eigenvalue weighted by Crippen LogP contribution is -2.30. The monoisotopic (exact) mass is 247 g/mol. The van der Waals surface area contributed by atoms with Crippen molar-refractivity contribution in [3.05, 3.63) is 12.0 Å². The van der Waals surface area contributed by atoms with Crippen molar-refractivity contribution < 1.29 is 1.43 Å². The standard InChI is InChI=1S/C13H19N5.H2/c1-9(2)11-14-8-10-12(16-11)17-13(15-10)18-6-4-3-5-7-18;/h8-9H,3-7H2,1-2H3,(H,14,15,16,17);1H. The van der Waals surface area contributed by atoms with Crippen molar-refractivity contribution in [2.75, 3.05) is 18.0 Å². The highest BCUT2D eigenvalue weighted by atomic mass is 15.3. The zero-order valence-electron chi connectivity index (χ0n) is 11.0. The van der Waals surface area contributed by atoms with Crippen LogP contribution in [0.15, 0.2) is 6.20 Å². The maximum atomic E-state index is 4.60. The Hall–Kier alpha value is -1.65. The first-order valence-electron chi connectivity index (χ1n) is 6.71. The van der Waals surface area contributed by atoms with Gasteiger partial charge in [-0.1, -0.05) is 13.8 Å². The SMILES string of the molecule is CC(C)c1ncc2[nH]c(N3CCCCC3)nc2n1.[HH]. The summed E-state index contributed by atoms with van der Waals surface area (Å²) in [5.74, 6) is 2.14. The fourth-order valence-electron chi connectivity index (χ4n) is 2.34. The summed E-state index contributed by atoms with van der Waals surface area (Å²) in [4.78, 5) is 19.1. The second-order valence-electron chi connectivity index (χ2n) is 5.23. The molecule has 0 radical (unpaired) electrons. The number of fused-ring (bicyclic) bond motifs is 1. The molecule has 1 fully saturated rings. The lowest BCUT2D eigenvalue weighted by Gasteiger charge is -2.25. The minimum absolute atomic E-state index is 0. The topological polar surface area (TPSA) is 57.7 Å². The number of nitrogens with zero attached hydrogens (tertiary/aromatic N) is 4. The highest BCUT2D eigenvalue weighted by Gasteiger charge is 2.15. The molecule has 98 valence electrons. The van der Waals surface area contributed by atoms with Crippen LogP contribution >= 0.6 is 0 Å². The molecular weight excluding hydrogens is 226 g/mol. The first-order valence-corrected chi connectivity index (χ1v) is 6.71. The van der Waals surface area contributed by atoms with Crippen LogP contribution in [0.1, 0.15) is 46.3 Å². The van der Waals surface area contributed by atoms with Crippen LogP contribution in [0.25, 0.3) is 11.2 Å². The van der Waals surface area contributed by atoms with E-state index >= 15 is 0 Å². The van der Waals surface area contributed by atoms with Crippen molar-refractivity contribution >= 4 is 17.1 Å². The quantitative estimate of drug-likeness (QED) is 0.886. The molecule has 0 aromatic carbocycles. The minimum atomic E-state index is 0. The van der Waals surface area contributed by atoms with Gasteiger partial charge in [0.2, 0.25) is 5.95 Å². The highest BCUT2D eigenvalue weighted by molar-refractivity contribution is 5.72. The second-order valence-corrected chi connectivity index (χ2v) is 5.23. The number of hydrogen-bond acceptors (Lipinski definition) is 4. The number of piperidine rings is 1.